The number of amides is 1. The minimum absolute atomic E-state index is 0.260. The van der Waals surface area contributed by atoms with Gasteiger partial charge in [-0.15, -0.1) is 0 Å². The fraction of sp³-hybridized carbons (Fsp3) is 0.917. The topological polar surface area (TPSA) is 104 Å². The molecule has 0 aromatic carbocycles. The third-order valence-corrected chi connectivity index (χ3v) is 3.63. The van der Waals surface area contributed by atoms with Gasteiger partial charge in [0.1, 0.15) is 0 Å². The van der Waals surface area contributed by atoms with Crippen molar-refractivity contribution in [2.45, 2.75) is 45.1 Å². The van der Waals surface area contributed by atoms with Gasteiger partial charge in [-0.05, 0) is 49.6 Å². The molecule has 1 amide bonds. The second-order valence-electron chi connectivity index (χ2n) is 5.54. The van der Waals surface area contributed by atoms with Gasteiger partial charge in [0.05, 0.1) is 5.54 Å². The van der Waals surface area contributed by atoms with Crippen molar-refractivity contribution in [1.29, 1.82) is 0 Å². The molecule has 0 aromatic heterocycles. The Hall–Kier alpha value is -1.26. The monoisotopic (exact) mass is 253 g/mol. The molecule has 0 bridgehead atoms. The van der Waals surface area contributed by atoms with Crippen molar-refractivity contribution in [3.8, 4) is 0 Å². The first-order valence-corrected chi connectivity index (χ1v) is 6.56. The highest BCUT2D eigenvalue weighted by Crippen LogP contribution is 2.35. The Morgan fingerprint density at radius 3 is 2.61 bits per heavy atom. The standard InChI is InChI=1S/C12H23N5O/c1-9-6-10(2)8-12(7-9,11(13)18)15-4-3-5-16-17-14/h9-10,15H,3-8H2,1-2H3,(H2,13,18). The Bertz CT molecular complexity index is 327. The molecule has 0 aliphatic heterocycles. The molecule has 6 nitrogen and oxygen atoms in total. The van der Waals surface area contributed by atoms with Gasteiger partial charge in [0.15, 0.2) is 0 Å². The summed E-state index contributed by atoms with van der Waals surface area (Å²) in [6, 6.07) is 0. The SMILES string of the molecule is CC1CC(C)CC(NCCCN=[N+]=[N-])(C(N)=O)C1. The average molecular weight is 253 g/mol. The van der Waals surface area contributed by atoms with Gasteiger partial charge < -0.3 is 11.1 Å². The van der Waals surface area contributed by atoms with Crippen molar-refractivity contribution in [1.82, 2.24) is 5.32 Å². The van der Waals surface area contributed by atoms with Gasteiger partial charge in [-0.2, -0.15) is 0 Å². The number of hydrogen-bond donors (Lipinski definition) is 2. The number of primary amides is 1. The van der Waals surface area contributed by atoms with E-state index in [0.29, 0.717) is 24.9 Å². The molecule has 1 rings (SSSR count). The quantitative estimate of drug-likeness (QED) is 0.327. The molecule has 1 saturated carbocycles. The largest absolute Gasteiger partial charge is 0.368 e. The predicted octanol–water partition coefficient (Wildman–Crippen LogP) is 1.96. The van der Waals surface area contributed by atoms with Gasteiger partial charge in [0, 0.05) is 11.5 Å². The Kier molecular flexibility index (Phi) is 5.44. The Labute approximate surface area is 108 Å². The van der Waals surface area contributed by atoms with E-state index in [-0.39, 0.29) is 5.91 Å². The molecule has 2 atom stereocenters. The zero-order valence-corrected chi connectivity index (χ0v) is 11.2. The van der Waals surface area contributed by atoms with Crippen LogP contribution < -0.4 is 11.1 Å². The molecule has 2 unspecified atom stereocenters. The van der Waals surface area contributed by atoms with E-state index >= 15 is 0 Å². The van der Waals surface area contributed by atoms with Gasteiger partial charge in [0.25, 0.3) is 0 Å². The summed E-state index contributed by atoms with van der Waals surface area (Å²) in [4.78, 5) is 14.5. The van der Waals surface area contributed by atoms with Crippen LogP contribution >= 0.6 is 0 Å². The van der Waals surface area contributed by atoms with E-state index in [1.165, 1.54) is 0 Å². The second kappa shape index (κ2) is 6.61. The molecule has 0 aromatic rings. The van der Waals surface area contributed by atoms with Gasteiger partial charge in [0.2, 0.25) is 5.91 Å². The normalized spacial score (nSPS) is 31.7. The molecule has 6 heteroatoms. The first-order valence-electron chi connectivity index (χ1n) is 6.56. The molecule has 1 fully saturated rings. The highest BCUT2D eigenvalue weighted by Gasteiger charge is 2.42. The van der Waals surface area contributed by atoms with Crippen LogP contribution in [0.25, 0.3) is 10.4 Å². The van der Waals surface area contributed by atoms with E-state index in [2.05, 4.69) is 29.2 Å². The summed E-state index contributed by atoms with van der Waals surface area (Å²) in [5.41, 5.74) is 13.2. The summed E-state index contributed by atoms with van der Waals surface area (Å²) < 4.78 is 0. The van der Waals surface area contributed by atoms with E-state index < -0.39 is 5.54 Å². The minimum Gasteiger partial charge on any atom is -0.368 e. The molecule has 0 heterocycles. The number of carbonyl (C=O) groups excluding carboxylic acids is 1. The van der Waals surface area contributed by atoms with Crippen LogP contribution in [-0.2, 0) is 4.79 Å². The van der Waals surface area contributed by atoms with Crippen LogP contribution in [0.15, 0.2) is 5.11 Å². The maximum Gasteiger partial charge on any atom is 0.237 e. The van der Waals surface area contributed by atoms with Gasteiger partial charge in [-0.1, -0.05) is 19.0 Å². The highest BCUT2D eigenvalue weighted by molar-refractivity contribution is 5.84. The van der Waals surface area contributed by atoms with Crippen molar-refractivity contribution >= 4 is 5.91 Å². The van der Waals surface area contributed by atoms with E-state index in [9.17, 15) is 4.79 Å². The van der Waals surface area contributed by atoms with Crippen LogP contribution in [0.4, 0.5) is 0 Å². The third-order valence-electron chi connectivity index (χ3n) is 3.63. The fourth-order valence-electron chi connectivity index (χ4n) is 3.08. The van der Waals surface area contributed by atoms with E-state index in [1.54, 1.807) is 0 Å². The molecule has 0 radical (unpaired) electrons. The molecule has 1 aliphatic carbocycles. The third kappa shape index (κ3) is 3.89. The van der Waals surface area contributed by atoms with Crippen LogP contribution in [0.3, 0.4) is 0 Å². The van der Waals surface area contributed by atoms with Crippen LogP contribution in [0.5, 0.6) is 0 Å². The Balaban J connectivity index is 2.57. The van der Waals surface area contributed by atoms with E-state index in [0.717, 1.165) is 25.7 Å². The number of nitrogens with one attached hydrogen (secondary N) is 1. The molecular formula is C12H23N5O. The molecule has 102 valence electrons. The summed E-state index contributed by atoms with van der Waals surface area (Å²) in [6.45, 7) is 5.43. The fourth-order valence-corrected chi connectivity index (χ4v) is 3.08. The summed E-state index contributed by atoms with van der Waals surface area (Å²) in [5.74, 6) is 0.751. The lowest BCUT2D eigenvalue weighted by atomic mass is 9.71. The zero-order valence-electron chi connectivity index (χ0n) is 11.2. The van der Waals surface area contributed by atoms with Crippen molar-refractivity contribution in [3.05, 3.63) is 10.4 Å². The van der Waals surface area contributed by atoms with Gasteiger partial charge in [-0.3, -0.25) is 4.79 Å². The lowest BCUT2D eigenvalue weighted by Gasteiger charge is -2.41. The summed E-state index contributed by atoms with van der Waals surface area (Å²) in [5, 5.41) is 6.77. The lowest BCUT2D eigenvalue weighted by Crippen LogP contribution is -2.59. The van der Waals surface area contributed by atoms with Crippen LogP contribution in [-0.4, -0.2) is 24.5 Å². The van der Waals surface area contributed by atoms with Crippen molar-refractivity contribution in [2.75, 3.05) is 13.1 Å². The zero-order chi connectivity index (χ0) is 13.6. The smallest absolute Gasteiger partial charge is 0.237 e. The molecule has 0 saturated heterocycles. The first kappa shape index (κ1) is 14.8. The van der Waals surface area contributed by atoms with Gasteiger partial charge >= 0.3 is 0 Å². The predicted molar refractivity (Wildman–Crippen MR) is 70.7 cm³/mol. The number of nitrogens with two attached hydrogens (primary N) is 1. The molecular weight excluding hydrogens is 230 g/mol. The first-order chi connectivity index (χ1) is 8.50. The van der Waals surface area contributed by atoms with Crippen LogP contribution in [0, 0.1) is 11.8 Å². The molecule has 0 spiro atoms. The Morgan fingerprint density at radius 2 is 2.11 bits per heavy atom. The van der Waals surface area contributed by atoms with Crippen LogP contribution in [0.1, 0.15) is 39.5 Å². The summed E-state index contributed by atoms with van der Waals surface area (Å²) >= 11 is 0. The van der Waals surface area contributed by atoms with E-state index in [1.807, 2.05) is 0 Å². The van der Waals surface area contributed by atoms with Crippen molar-refractivity contribution in [2.24, 2.45) is 22.7 Å². The lowest BCUT2D eigenvalue weighted by molar-refractivity contribution is -0.127. The summed E-state index contributed by atoms with van der Waals surface area (Å²) in [6.07, 6.45) is 3.47. The maximum absolute atomic E-state index is 11.8. The second-order valence-corrected chi connectivity index (χ2v) is 5.54. The maximum atomic E-state index is 11.8. The van der Waals surface area contributed by atoms with E-state index in [4.69, 9.17) is 11.3 Å². The molecule has 18 heavy (non-hydrogen) atoms. The number of azide groups is 1. The van der Waals surface area contributed by atoms with Gasteiger partial charge in [-0.25, -0.2) is 0 Å². The average Bonchev–Trinajstić information content (AvgIpc) is 2.27. The number of rotatable bonds is 6. The van der Waals surface area contributed by atoms with Crippen molar-refractivity contribution in [3.63, 3.8) is 0 Å². The number of hydrogen-bond acceptors (Lipinski definition) is 3. The number of carbonyl (C=O) groups is 1. The van der Waals surface area contributed by atoms with Crippen molar-refractivity contribution < 1.29 is 4.79 Å². The molecule has 3 N–H and O–H groups in total. The Morgan fingerprint density at radius 1 is 1.50 bits per heavy atom. The molecule has 1 aliphatic rings. The summed E-state index contributed by atoms with van der Waals surface area (Å²) in [7, 11) is 0. The van der Waals surface area contributed by atoms with Crippen LogP contribution in [0.2, 0.25) is 0 Å². The minimum atomic E-state index is -0.576. The highest BCUT2D eigenvalue weighted by atomic mass is 16.1. The number of nitrogens with zero attached hydrogens (tertiary/aromatic N) is 3.